The van der Waals surface area contributed by atoms with Gasteiger partial charge in [0.05, 0.1) is 9.90 Å². The van der Waals surface area contributed by atoms with Crippen LogP contribution < -0.4 is 0 Å². The average molecular weight is 287 g/mol. The summed E-state index contributed by atoms with van der Waals surface area (Å²) in [6.07, 6.45) is 0. The van der Waals surface area contributed by atoms with E-state index in [4.69, 9.17) is 23.2 Å². The molecule has 1 N–H and O–H groups in total. The van der Waals surface area contributed by atoms with Crippen molar-refractivity contribution >= 4 is 40.3 Å². The highest BCUT2D eigenvalue weighted by molar-refractivity contribution is 7.14. The fourth-order valence-electron chi connectivity index (χ4n) is 1.40. The van der Waals surface area contributed by atoms with Crippen molar-refractivity contribution in [3.05, 3.63) is 49.6 Å². The third kappa shape index (κ3) is 2.32. The average Bonchev–Trinajstić information content (AvgIpc) is 2.72. The molecule has 2 rings (SSSR count). The van der Waals surface area contributed by atoms with Crippen LogP contribution in [-0.2, 0) is 0 Å². The maximum atomic E-state index is 12.1. The molecule has 1 heterocycles. The Morgan fingerprint density at radius 1 is 1.18 bits per heavy atom. The van der Waals surface area contributed by atoms with Gasteiger partial charge in [-0.05, 0) is 31.2 Å². The zero-order valence-electron chi connectivity index (χ0n) is 8.83. The summed E-state index contributed by atoms with van der Waals surface area (Å²) < 4.78 is 0. The first-order chi connectivity index (χ1) is 8.00. The third-order valence-electron chi connectivity index (χ3n) is 2.27. The largest absolute Gasteiger partial charge is 0.506 e. The molecule has 0 aliphatic rings. The minimum atomic E-state index is -0.185. The quantitative estimate of drug-likeness (QED) is 0.836. The molecule has 0 saturated carbocycles. The van der Waals surface area contributed by atoms with Gasteiger partial charge in [0.2, 0.25) is 5.78 Å². The van der Waals surface area contributed by atoms with Gasteiger partial charge in [0.15, 0.2) is 0 Å². The Kier molecular flexibility index (Phi) is 3.43. The van der Waals surface area contributed by atoms with Crippen LogP contribution in [0.2, 0.25) is 10.0 Å². The SMILES string of the molecule is Cc1ccc(C(=O)c2ccc(O)c(Cl)c2Cl)s1. The Morgan fingerprint density at radius 3 is 2.47 bits per heavy atom. The predicted molar refractivity (Wildman–Crippen MR) is 70.6 cm³/mol. The predicted octanol–water partition coefficient (Wildman–Crippen LogP) is 4.30. The molecule has 0 unspecified atom stereocenters. The van der Waals surface area contributed by atoms with Crippen LogP contribution in [0.3, 0.4) is 0 Å². The van der Waals surface area contributed by atoms with E-state index in [1.165, 1.54) is 23.5 Å². The van der Waals surface area contributed by atoms with E-state index in [9.17, 15) is 9.90 Å². The second-order valence-corrected chi connectivity index (χ2v) is 5.54. The van der Waals surface area contributed by atoms with E-state index >= 15 is 0 Å². The van der Waals surface area contributed by atoms with E-state index < -0.39 is 0 Å². The fraction of sp³-hybridized carbons (Fsp3) is 0.0833. The fourth-order valence-corrected chi connectivity index (χ4v) is 2.64. The topological polar surface area (TPSA) is 37.3 Å². The number of ketones is 1. The highest BCUT2D eigenvalue weighted by Crippen LogP contribution is 2.35. The molecule has 17 heavy (non-hydrogen) atoms. The van der Waals surface area contributed by atoms with Gasteiger partial charge in [-0.15, -0.1) is 11.3 Å². The highest BCUT2D eigenvalue weighted by Gasteiger charge is 2.18. The van der Waals surface area contributed by atoms with Crippen molar-refractivity contribution in [2.45, 2.75) is 6.92 Å². The Bertz CT molecular complexity index is 590. The maximum Gasteiger partial charge on any atom is 0.204 e. The van der Waals surface area contributed by atoms with E-state index in [-0.39, 0.29) is 21.6 Å². The Labute approximate surface area is 112 Å². The lowest BCUT2D eigenvalue weighted by Gasteiger charge is -2.05. The number of carbonyl (C=O) groups excluding carboxylic acids is 1. The Morgan fingerprint density at radius 2 is 1.88 bits per heavy atom. The number of rotatable bonds is 2. The van der Waals surface area contributed by atoms with Crippen LogP contribution in [0.1, 0.15) is 20.1 Å². The normalized spacial score (nSPS) is 10.5. The summed E-state index contributed by atoms with van der Waals surface area (Å²) in [5, 5.41) is 9.45. The minimum absolute atomic E-state index is 0.00537. The van der Waals surface area contributed by atoms with Crippen LogP contribution in [0.15, 0.2) is 24.3 Å². The molecule has 0 atom stereocenters. The molecule has 0 aliphatic carbocycles. The van der Waals surface area contributed by atoms with Crippen LogP contribution in [0, 0.1) is 6.92 Å². The van der Waals surface area contributed by atoms with Crippen molar-refractivity contribution in [1.29, 1.82) is 0 Å². The lowest BCUT2D eigenvalue weighted by Crippen LogP contribution is -1.99. The Hall–Kier alpha value is -1.03. The molecule has 5 heteroatoms. The van der Waals surface area contributed by atoms with Crippen LogP contribution >= 0.6 is 34.5 Å². The van der Waals surface area contributed by atoms with Crippen LogP contribution in [0.25, 0.3) is 0 Å². The van der Waals surface area contributed by atoms with Gasteiger partial charge in [-0.25, -0.2) is 0 Å². The van der Waals surface area contributed by atoms with Crippen LogP contribution in [0.5, 0.6) is 5.75 Å². The number of aromatic hydroxyl groups is 1. The summed E-state index contributed by atoms with van der Waals surface area (Å²) in [5.74, 6) is -0.314. The molecule has 0 bridgehead atoms. The second-order valence-electron chi connectivity index (χ2n) is 3.50. The third-order valence-corrected chi connectivity index (χ3v) is 4.14. The molecular weight excluding hydrogens is 279 g/mol. The van der Waals surface area contributed by atoms with Gasteiger partial charge in [-0.2, -0.15) is 0 Å². The number of benzene rings is 1. The molecule has 0 spiro atoms. The van der Waals surface area contributed by atoms with E-state index in [0.29, 0.717) is 10.4 Å². The van der Waals surface area contributed by atoms with Crippen LogP contribution in [-0.4, -0.2) is 10.9 Å². The van der Waals surface area contributed by atoms with Crippen molar-refractivity contribution in [3.63, 3.8) is 0 Å². The molecule has 2 aromatic rings. The molecule has 0 fully saturated rings. The monoisotopic (exact) mass is 286 g/mol. The number of carbonyl (C=O) groups is 1. The first kappa shape index (κ1) is 12.4. The summed E-state index contributed by atoms with van der Waals surface area (Å²) in [7, 11) is 0. The van der Waals surface area contributed by atoms with E-state index in [1.807, 2.05) is 13.0 Å². The lowest BCUT2D eigenvalue weighted by atomic mass is 10.1. The molecule has 0 aliphatic heterocycles. The van der Waals surface area contributed by atoms with Crippen molar-refractivity contribution < 1.29 is 9.90 Å². The highest BCUT2D eigenvalue weighted by atomic mass is 35.5. The van der Waals surface area contributed by atoms with Gasteiger partial charge in [-0.3, -0.25) is 4.79 Å². The minimum Gasteiger partial charge on any atom is -0.506 e. The molecule has 2 nitrogen and oxygen atoms in total. The molecule has 1 aromatic heterocycles. The van der Waals surface area contributed by atoms with Gasteiger partial charge in [0.1, 0.15) is 10.8 Å². The summed E-state index contributed by atoms with van der Waals surface area (Å²) in [6, 6.07) is 6.45. The van der Waals surface area contributed by atoms with Crippen molar-refractivity contribution in [2.24, 2.45) is 0 Å². The van der Waals surface area contributed by atoms with Gasteiger partial charge >= 0.3 is 0 Å². The molecule has 1 aromatic carbocycles. The van der Waals surface area contributed by atoms with E-state index in [1.54, 1.807) is 6.07 Å². The number of aryl methyl sites for hydroxylation is 1. The zero-order valence-corrected chi connectivity index (χ0v) is 11.2. The summed E-state index contributed by atoms with van der Waals surface area (Å²) >= 11 is 13.1. The van der Waals surface area contributed by atoms with Crippen molar-refractivity contribution in [2.75, 3.05) is 0 Å². The zero-order chi connectivity index (χ0) is 12.6. The molecular formula is C12H8Cl2O2S. The lowest BCUT2D eigenvalue weighted by molar-refractivity contribution is 0.104. The number of halogens is 2. The molecule has 0 saturated heterocycles. The first-order valence-electron chi connectivity index (χ1n) is 4.79. The maximum absolute atomic E-state index is 12.1. The summed E-state index contributed by atoms with van der Waals surface area (Å²) in [4.78, 5) is 13.8. The number of thiophene rings is 1. The molecule has 88 valence electrons. The van der Waals surface area contributed by atoms with Crippen LogP contribution in [0.4, 0.5) is 0 Å². The first-order valence-corrected chi connectivity index (χ1v) is 6.36. The van der Waals surface area contributed by atoms with Gasteiger partial charge in [0.25, 0.3) is 0 Å². The van der Waals surface area contributed by atoms with Crippen molar-refractivity contribution in [3.8, 4) is 5.75 Å². The number of phenols is 1. The van der Waals surface area contributed by atoms with E-state index in [0.717, 1.165) is 4.88 Å². The van der Waals surface area contributed by atoms with E-state index in [2.05, 4.69) is 0 Å². The molecule has 0 radical (unpaired) electrons. The number of phenolic OH excluding ortho intramolecular Hbond substituents is 1. The van der Waals surface area contributed by atoms with Gasteiger partial charge in [-0.1, -0.05) is 23.2 Å². The number of hydrogen-bond acceptors (Lipinski definition) is 3. The van der Waals surface area contributed by atoms with Crippen molar-refractivity contribution in [1.82, 2.24) is 0 Å². The molecule has 0 amide bonds. The Balaban J connectivity index is 2.48. The summed E-state index contributed by atoms with van der Waals surface area (Å²) in [6.45, 7) is 1.92. The van der Waals surface area contributed by atoms with Gasteiger partial charge in [0, 0.05) is 10.4 Å². The van der Waals surface area contributed by atoms with Gasteiger partial charge < -0.3 is 5.11 Å². The smallest absolute Gasteiger partial charge is 0.204 e. The second kappa shape index (κ2) is 4.69. The number of hydrogen-bond donors (Lipinski definition) is 1. The standard InChI is InChI=1S/C12H8Cl2O2S/c1-6-2-5-9(17-6)12(16)7-3-4-8(15)11(14)10(7)13/h2-5,15H,1H3. The summed E-state index contributed by atoms with van der Waals surface area (Å²) in [5.41, 5.74) is 0.302.